The Bertz CT molecular complexity index is 264. The maximum atomic E-state index is 10.4. The van der Waals surface area contributed by atoms with Crippen molar-refractivity contribution in [2.24, 2.45) is 5.73 Å². The van der Waals surface area contributed by atoms with E-state index >= 15 is 0 Å². The molecule has 0 atom stereocenters. The normalized spacial score (nSPS) is 9.69. The minimum absolute atomic E-state index is 0. The molecule has 0 spiro atoms. The fourth-order valence-corrected chi connectivity index (χ4v) is 1.08. The molecule has 0 saturated heterocycles. The summed E-state index contributed by atoms with van der Waals surface area (Å²) >= 11 is 0. The zero-order valence-electron chi connectivity index (χ0n) is 9.68. The Morgan fingerprint density at radius 3 is 1.94 bits per heavy atom. The molecule has 0 aromatic rings. The summed E-state index contributed by atoms with van der Waals surface area (Å²) < 4.78 is 0. The van der Waals surface area contributed by atoms with Gasteiger partial charge in [-0.3, -0.25) is 10.9 Å². The van der Waals surface area contributed by atoms with E-state index in [1.807, 2.05) is 25.2 Å². The summed E-state index contributed by atoms with van der Waals surface area (Å²) in [6.45, 7) is 5.89. The van der Waals surface area contributed by atoms with Crippen molar-refractivity contribution in [3.8, 4) is 0 Å². The number of primary amides is 1. The minimum Gasteiger partial charge on any atom is -1.00 e. The van der Waals surface area contributed by atoms with Crippen LogP contribution >= 0.6 is 0 Å². The molecular formula is C10H16Cl2NOSiTi. The van der Waals surface area contributed by atoms with Crippen LogP contribution in [0.5, 0.6) is 0 Å². The molecular weight excluding hydrogens is 297 g/mol. The van der Waals surface area contributed by atoms with Crippen molar-refractivity contribution in [2.75, 3.05) is 0 Å². The molecule has 0 heterocycles. The monoisotopic (exact) mass is 312 g/mol. The van der Waals surface area contributed by atoms with Gasteiger partial charge >= 0.3 is 21.7 Å². The molecule has 2 nitrogen and oxygen atoms in total. The van der Waals surface area contributed by atoms with Crippen LogP contribution in [0.3, 0.4) is 0 Å². The topological polar surface area (TPSA) is 43.1 Å². The first-order chi connectivity index (χ1) is 6.05. The Morgan fingerprint density at radius 1 is 1.38 bits per heavy atom. The zero-order chi connectivity index (χ0) is 10.3. The predicted octanol–water partition coefficient (Wildman–Crippen LogP) is -4.69. The maximum Gasteiger partial charge on any atom is 3.00 e. The van der Waals surface area contributed by atoms with Crippen molar-refractivity contribution in [2.45, 2.75) is 26.4 Å². The second-order valence-electron chi connectivity index (χ2n) is 2.99. The van der Waals surface area contributed by atoms with Gasteiger partial charge in [0, 0.05) is 8.41 Å². The van der Waals surface area contributed by atoms with Gasteiger partial charge in [0.2, 0.25) is 5.91 Å². The molecule has 16 heavy (non-hydrogen) atoms. The van der Waals surface area contributed by atoms with Crippen LogP contribution in [0.25, 0.3) is 0 Å². The van der Waals surface area contributed by atoms with Crippen molar-refractivity contribution >= 4 is 19.5 Å². The van der Waals surface area contributed by atoms with E-state index < -0.39 is 8.41 Å². The van der Waals surface area contributed by atoms with Gasteiger partial charge in [0.1, 0.15) is 0 Å². The number of amides is 1. The van der Waals surface area contributed by atoms with E-state index in [9.17, 15) is 4.79 Å². The fraction of sp³-hybridized carbons (Fsp3) is 0.400. The van der Waals surface area contributed by atoms with Crippen LogP contribution in [0.2, 0.25) is 13.1 Å². The van der Waals surface area contributed by atoms with Crippen molar-refractivity contribution in [3.05, 3.63) is 24.3 Å². The van der Waals surface area contributed by atoms with E-state index in [4.69, 9.17) is 5.73 Å². The Hall–Kier alpha value is 0.331. The number of hydrogen-bond donors (Lipinski definition) is 1. The van der Waals surface area contributed by atoms with Gasteiger partial charge in [-0.25, -0.2) is 12.2 Å². The molecule has 0 aromatic heterocycles. The third-order valence-corrected chi connectivity index (χ3v) is 3.45. The molecule has 1 amide bonds. The van der Waals surface area contributed by atoms with Gasteiger partial charge in [0.05, 0.1) is 0 Å². The van der Waals surface area contributed by atoms with Gasteiger partial charge in [0.15, 0.2) is 0 Å². The summed E-state index contributed by atoms with van der Waals surface area (Å²) in [5, 5.41) is 0.843. The molecule has 1 aliphatic rings. The van der Waals surface area contributed by atoms with Crippen LogP contribution in [0.15, 0.2) is 18.2 Å². The summed E-state index contributed by atoms with van der Waals surface area (Å²) in [6.07, 6.45) is 10.0. The minimum atomic E-state index is -0.570. The Kier molecular flexibility index (Phi) is 24.2. The van der Waals surface area contributed by atoms with E-state index in [1.54, 1.807) is 6.92 Å². The standard InChI is InChI=1S/C5H11NOSi.C5H5.2ClH.Ti/c1-4(5(6)7)8(2)3;1-2-4-5-3-1;;;/h1-3H3,(H2,6,7);1-3H,4H2;2*1H;/q;-1;;;+3/p-2. The molecule has 0 saturated carbocycles. The van der Waals surface area contributed by atoms with E-state index in [1.165, 1.54) is 0 Å². The number of carbonyl (C=O) groups is 1. The summed E-state index contributed by atoms with van der Waals surface area (Å²) in [5.74, 6) is -0.246. The number of carbonyl (C=O) groups excluding carboxylic acids is 1. The number of hydrogen-bond acceptors (Lipinski definition) is 1. The number of nitrogens with two attached hydrogens (primary N) is 1. The molecule has 0 bridgehead atoms. The van der Waals surface area contributed by atoms with Crippen molar-refractivity contribution in [1.29, 1.82) is 0 Å². The van der Waals surface area contributed by atoms with Crippen LogP contribution in [-0.2, 0) is 26.5 Å². The first-order valence-corrected chi connectivity index (χ1v) is 6.71. The molecule has 1 radical (unpaired) electrons. The largest absolute Gasteiger partial charge is 3.00 e. The van der Waals surface area contributed by atoms with E-state index in [0.29, 0.717) is 0 Å². The molecule has 2 N–H and O–H groups in total. The van der Waals surface area contributed by atoms with Crippen molar-refractivity contribution in [1.82, 2.24) is 0 Å². The van der Waals surface area contributed by atoms with Crippen LogP contribution in [0.4, 0.5) is 0 Å². The molecule has 1 rings (SSSR count). The molecule has 89 valence electrons. The van der Waals surface area contributed by atoms with Gasteiger partial charge in [-0.2, -0.15) is 6.08 Å². The first kappa shape index (κ1) is 25.2. The zero-order valence-corrected chi connectivity index (χ0v) is 13.8. The number of halogens is 2. The molecule has 0 unspecified atom stereocenters. The van der Waals surface area contributed by atoms with Crippen LogP contribution in [0.1, 0.15) is 13.3 Å². The maximum absolute atomic E-state index is 10.4. The molecule has 1 aliphatic carbocycles. The van der Waals surface area contributed by atoms with Crippen molar-refractivity contribution < 1.29 is 51.3 Å². The molecule has 0 aliphatic heterocycles. The second-order valence-corrected chi connectivity index (χ2v) is 5.74. The molecule has 0 fully saturated rings. The van der Waals surface area contributed by atoms with Crippen LogP contribution in [0, 0.1) is 6.08 Å². The van der Waals surface area contributed by atoms with Crippen molar-refractivity contribution in [3.63, 3.8) is 0 Å². The fourth-order valence-electron chi connectivity index (χ4n) is 0.587. The summed E-state index contributed by atoms with van der Waals surface area (Å²) in [6, 6.07) is 0. The molecule has 6 heteroatoms. The van der Waals surface area contributed by atoms with Crippen LogP contribution in [-0.4, -0.2) is 19.5 Å². The van der Waals surface area contributed by atoms with Gasteiger partial charge < -0.3 is 30.5 Å². The summed E-state index contributed by atoms with van der Waals surface area (Å²) in [4.78, 5) is 10.4. The number of rotatable bonds is 1. The van der Waals surface area contributed by atoms with E-state index in [-0.39, 0.29) is 52.4 Å². The second kappa shape index (κ2) is 15.3. The van der Waals surface area contributed by atoms with Gasteiger partial charge in [-0.15, -0.1) is 6.42 Å². The van der Waals surface area contributed by atoms with Gasteiger partial charge in [-0.05, 0) is 12.1 Å². The third kappa shape index (κ3) is 14.3. The average molecular weight is 313 g/mol. The predicted molar refractivity (Wildman–Crippen MR) is 58.9 cm³/mol. The Balaban J connectivity index is -0.0000000798. The van der Waals surface area contributed by atoms with Gasteiger partial charge in [-0.1, -0.05) is 13.1 Å². The van der Waals surface area contributed by atoms with E-state index in [2.05, 4.69) is 12.2 Å². The number of allylic oxidation sites excluding steroid dienone is 4. The molecule has 0 aromatic carbocycles. The summed E-state index contributed by atoms with van der Waals surface area (Å²) in [5.41, 5.74) is 4.99. The van der Waals surface area contributed by atoms with Crippen LogP contribution < -0.4 is 30.5 Å². The average Bonchev–Trinajstić information content (AvgIpc) is 2.59. The smallest absolute Gasteiger partial charge is 1.00 e. The van der Waals surface area contributed by atoms with E-state index in [0.717, 1.165) is 11.6 Å². The Morgan fingerprint density at radius 2 is 1.88 bits per heavy atom. The Labute approximate surface area is 127 Å². The quantitative estimate of drug-likeness (QED) is 0.384. The summed E-state index contributed by atoms with van der Waals surface area (Å²) in [7, 11) is -0.570. The first-order valence-electron chi connectivity index (χ1n) is 4.21. The SMILES string of the molecule is CC(C(N)=O)=[Si](C)C.[C-]1=CC=CC1.[Cl-].[Cl-].[Ti+3]. The van der Waals surface area contributed by atoms with Gasteiger partial charge in [0.25, 0.3) is 0 Å². The third-order valence-electron chi connectivity index (χ3n) is 1.71.